The number of hydrogen-bond donors (Lipinski definition) is 0. The molecule has 4 rings (SSSR count). The molecule has 7 heteroatoms. The lowest BCUT2D eigenvalue weighted by Gasteiger charge is -2.07. The van der Waals surface area contributed by atoms with Crippen LogP contribution < -0.4 is 9.47 Å². The van der Waals surface area contributed by atoms with Crippen molar-refractivity contribution >= 4 is 50.5 Å². The van der Waals surface area contributed by atoms with Crippen molar-refractivity contribution in [3.8, 4) is 11.5 Å². The van der Waals surface area contributed by atoms with Crippen LogP contribution in [0.25, 0.3) is 6.08 Å². The van der Waals surface area contributed by atoms with E-state index < -0.39 is 0 Å². The summed E-state index contributed by atoms with van der Waals surface area (Å²) in [5, 5.41) is 0.655. The SMILES string of the molecule is Cc1ccc(N=C2S/C(=C\c3cc4c(cc3Br)OCO4)C(=O)N2C)cc1. The number of thioether (sulfide) groups is 1. The van der Waals surface area contributed by atoms with E-state index in [-0.39, 0.29) is 12.7 Å². The average Bonchev–Trinajstić information content (AvgIpc) is 3.17. The van der Waals surface area contributed by atoms with E-state index in [4.69, 9.17) is 9.47 Å². The number of hydrogen-bond acceptors (Lipinski definition) is 5. The number of rotatable bonds is 2. The van der Waals surface area contributed by atoms with E-state index in [0.717, 1.165) is 15.7 Å². The zero-order valence-electron chi connectivity index (χ0n) is 14.2. The van der Waals surface area contributed by atoms with Gasteiger partial charge in [-0.25, -0.2) is 4.99 Å². The molecule has 2 aliphatic rings. The smallest absolute Gasteiger partial charge is 0.266 e. The molecule has 132 valence electrons. The van der Waals surface area contributed by atoms with Crippen LogP contribution in [-0.2, 0) is 4.79 Å². The molecule has 0 aromatic heterocycles. The first-order valence-corrected chi connectivity index (χ1v) is 9.54. The number of amidine groups is 1. The summed E-state index contributed by atoms with van der Waals surface area (Å²) in [4.78, 5) is 19.4. The van der Waals surface area contributed by atoms with Crippen molar-refractivity contribution in [3.05, 3.63) is 56.9 Å². The summed E-state index contributed by atoms with van der Waals surface area (Å²) < 4.78 is 11.6. The zero-order chi connectivity index (χ0) is 18.3. The predicted molar refractivity (Wildman–Crippen MR) is 107 cm³/mol. The molecule has 0 unspecified atom stereocenters. The number of carbonyl (C=O) groups excluding carboxylic acids is 1. The number of halogens is 1. The fraction of sp³-hybridized carbons (Fsp3) is 0.158. The minimum absolute atomic E-state index is 0.0783. The number of nitrogens with zero attached hydrogens (tertiary/aromatic N) is 2. The highest BCUT2D eigenvalue weighted by molar-refractivity contribution is 9.10. The minimum atomic E-state index is -0.0783. The third-order valence-electron chi connectivity index (χ3n) is 4.04. The summed E-state index contributed by atoms with van der Waals surface area (Å²) in [6.07, 6.45) is 1.84. The summed E-state index contributed by atoms with van der Waals surface area (Å²) in [7, 11) is 1.73. The van der Waals surface area contributed by atoms with Crippen molar-refractivity contribution in [2.45, 2.75) is 6.92 Å². The van der Waals surface area contributed by atoms with Gasteiger partial charge >= 0.3 is 0 Å². The Morgan fingerprint density at radius 3 is 2.62 bits per heavy atom. The van der Waals surface area contributed by atoms with Gasteiger partial charge in [0.05, 0.1) is 10.6 Å². The van der Waals surface area contributed by atoms with Crippen LogP contribution in [0.3, 0.4) is 0 Å². The number of carbonyl (C=O) groups is 1. The van der Waals surface area contributed by atoms with Crippen LogP contribution in [-0.4, -0.2) is 29.8 Å². The maximum Gasteiger partial charge on any atom is 0.266 e. The Balaban J connectivity index is 1.65. The molecule has 0 atom stereocenters. The maximum atomic E-state index is 12.6. The van der Waals surface area contributed by atoms with Crippen molar-refractivity contribution in [1.29, 1.82) is 0 Å². The lowest BCUT2D eigenvalue weighted by Crippen LogP contribution is -2.23. The molecule has 1 amide bonds. The number of aryl methyl sites for hydroxylation is 1. The van der Waals surface area contributed by atoms with Gasteiger partial charge in [0.1, 0.15) is 0 Å². The van der Waals surface area contributed by atoms with E-state index >= 15 is 0 Å². The van der Waals surface area contributed by atoms with Gasteiger partial charge in [-0.2, -0.15) is 0 Å². The Morgan fingerprint density at radius 1 is 1.19 bits per heavy atom. The highest BCUT2D eigenvalue weighted by Crippen LogP contribution is 2.40. The molecule has 2 heterocycles. The lowest BCUT2D eigenvalue weighted by molar-refractivity contribution is -0.121. The topological polar surface area (TPSA) is 51.1 Å². The van der Waals surface area contributed by atoms with E-state index in [1.165, 1.54) is 17.3 Å². The molecule has 26 heavy (non-hydrogen) atoms. The summed E-state index contributed by atoms with van der Waals surface area (Å²) >= 11 is 4.88. The summed E-state index contributed by atoms with van der Waals surface area (Å²) in [5.74, 6) is 1.30. The third kappa shape index (κ3) is 3.24. The van der Waals surface area contributed by atoms with Gasteiger partial charge in [-0.1, -0.05) is 33.6 Å². The van der Waals surface area contributed by atoms with Crippen LogP contribution in [0.5, 0.6) is 11.5 Å². The van der Waals surface area contributed by atoms with Gasteiger partial charge in [0.25, 0.3) is 5.91 Å². The number of benzene rings is 2. The number of aliphatic imine (C=N–C) groups is 1. The van der Waals surface area contributed by atoms with Crippen molar-refractivity contribution < 1.29 is 14.3 Å². The predicted octanol–water partition coefficient (Wildman–Crippen LogP) is 4.72. The Morgan fingerprint density at radius 2 is 1.88 bits per heavy atom. The average molecular weight is 431 g/mol. The first-order chi connectivity index (χ1) is 12.5. The number of amides is 1. The largest absolute Gasteiger partial charge is 0.454 e. The molecule has 2 aromatic carbocycles. The number of fused-ring (bicyclic) bond motifs is 1. The van der Waals surface area contributed by atoms with Gasteiger partial charge < -0.3 is 9.47 Å². The minimum Gasteiger partial charge on any atom is -0.454 e. The molecule has 2 aliphatic heterocycles. The Hall–Kier alpha value is -2.25. The molecule has 0 radical (unpaired) electrons. The van der Waals surface area contributed by atoms with Crippen molar-refractivity contribution in [2.75, 3.05) is 13.8 Å². The normalized spacial score (nSPS) is 19.0. The van der Waals surface area contributed by atoms with Gasteiger partial charge in [0.2, 0.25) is 6.79 Å². The van der Waals surface area contributed by atoms with E-state index in [1.54, 1.807) is 11.9 Å². The van der Waals surface area contributed by atoms with Gasteiger partial charge in [0.15, 0.2) is 16.7 Å². The van der Waals surface area contributed by atoms with Crippen LogP contribution in [0.15, 0.2) is 50.8 Å². The molecule has 5 nitrogen and oxygen atoms in total. The molecule has 2 aromatic rings. The van der Waals surface area contributed by atoms with E-state index in [2.05, 4.69) is 20.9 Å². The van der Waals surface area contributed by atoms with Crippen LogP contribution in [0.1, 0.15) is 11.1 Å². The van der Waals surface area contributed by atoms with E-state index in [1.807, 2.05) is 49.4 Å². The van der Waals surface area contributed by atoms with Gasteiger partial charge in [0, 0.05) is 11.5 Å². The molecule has 1 fully saturated rings. The Labute approximate surface area is 163 Å². The molecular weight excluding hydrogens is 416 g/mol. The number of likely N-dealkylation sites (N-methyl/N-ethyl adjacent to an activating group) is 1. The third-order valence-corrected chi connectivity index (χ3v) is 5.79. The molecule has 0 N–H and O–H groups in total. The van der Waals surface area contributed by atoms with Gasteiger partial charge in [-0.15, -0.1) is 0 Å². The second kappa shape index (κ2) is 6.81. The van der Waals surface area contributed by atoms with E-state index in [9.17, 15) is 4.79 Å². The first kappa shape index (κ1) is 17.2. The van der Waals surface area contributed by atoms with Gasteiger partial charge in [-0.05, 0) is 54.6 Å². The maximum absolute atomic E-state index is 12.6. The highest BCUT2D eigenvalue weighted by atomic mass is 79.9. The van der Waals surface area contributed by atoms with Crippen molar-refractivity contribution in [3.63, 3.8) is 0 Å². The Kier molecular flexibility index (Phi) is 4.50. The van der Waals surface area contributed by atoms with E-state index in [0.29, 0.717) is 21.6 Å². The lowest BCUT2D eigenvalue weighted by atomic mass is 10.2. The molecule has 0 spiro atoms. The molecule has 0 saturated carbocycles. The zero-order valence-corrected chi connectivity index (χ0v) is 16.6. The summed E-state index contributed by atoms with van der Waals surface area (Å²) in [5.41, 5.74) is 2.85. The summed E-state index contributed by atoms with van der Waals surface area (Å²) in [6, 6.07) is 11.6. The monoisotopic (exact) mass is 430 g/mol. The van der Waals surface area contributed by atoms with Crippen LogP contribution in [0.4, 0.5) is 5.69 Å². The first-order valence-electron chi connectivity index (χ1n) is 7.93. The standard InChI is InChI=1S/C19H15BrN2O3S/c1-11-3-5-13(6-4-11)21-19-22(2)18(23)17(26-19)8-12-7-15-16(9-14(12)20)25-10-24-15/h3-9H,10H2,1-2H3/b17-8-,21-19?. The van der Waals surface area contributed by atoms with Gasteiger partial charge in [-0.3, -0.25) is 9.69 Å². The molecular formula is C19H15BrN2O3S. The molecule has 0 bridgehead atoms. The molecule has 1 saturated heterocycles. The van der Waals surface area contributed by atoms with Crippen LogP contribution in [0, 0.1) is 6.92 Å². The van der Waals surface area contributed by atoms with Crippen molar-refractivity contribution in [1.82, 2.24) is 4.90 Å². The van der Waals surface area contributed by atoms with Crippen LogP contribution in [0.2, 0.25) is 0 Å². The second-order valence-electron chi connectivity index (χ2n) is 5.93. The summed E-state index contributed by atoms with van der Waals surface area (Å²) in [6.45, 7) is 2.24. The number of ether oxygens (including phenoxy) is 2. The fourth-order valence-corrected chi connectivity index (χ4v) is 3.98. The highest BCUT2D eigenvalue weighted by Gasteiger charge is 2.30. The molecule has 0 aliphatic carbocycles. The van der Waals surface area contributed by atoms with Crippen LogP contribution >= 0.6 is 27.7 Å². The Bertz CT molecular complexity index is 954. The quantitative estimate of drug-likeness (QED) is 0.646. The second-order valence-corrected chi connectivity index (χ2v) is 7.80. The van der Waals surface area contributed by atoms with Crippen molar-refractivity contribution in [2.24, 2.45) is 4.99 Å². The fourth-order valence-electron chi connectivity index (χ4n) is 2.57.